The smallest absolute Gasteiger partial charge is 0.294 e. The van der Waals surface area contributed by atoms with Crippen LogP contribution in [0.3, 0.4) is 0 Å². The van der Waals surface area contributed by atoms with Gasteiger partial charge in [0.05, 0.1) is 11.5 Å². The number of carbonyl (C=O) groups excluding carboxylic acids is 3. The summed E-state index contributed by atoms with van der Waals surface area (Å²) in [4.78, 5) is 40.5. The van der Waals surface area contributed by atoms with E-state index < -0.39 is 11.1 Å². The number of likely N-dealkylation sites (tertiary alicyclic amines) is 1. The Hall–Kier alpha value is -3.33. The molecule has 0 spiro atoms. The third-order valence-electron chi connectivity index (χ3n) is 5.53. The van der Waals surface area contributed by atoms with Crippen molar-refractivity contribution in [1.82, 2.24) is 9.80 Å². The van der Waals surface area contributed by atoms with Crippen LogP contribution in [-0.2, 0) is 16.2 Å². The zero-order valence-corrected chi connectivity index (χ0v) is 19.6. The molecular formula is C25H25FN2O5S. The zero-order chi connectivity index (χ0) is 24.1. The van der Waals surface area contributed by atoms with E-state index in [1.807, 2.05) is 6.92 Å². The number of thioether (sulfide) groups is 1. The van der Waals surface area contributed by atoms with E-state index in [9.17, 15) is 18.8 Å². The highest BCUT2D eigenvalue weighted by atomic mass is 32.2. The van der Waals surface area contributed by atoms with Crippen LogP contribution in [0.1, 0.15) is 30.9 Å². The number of benzene rings is 2. The number of halogens is 1. The Balaban J connectivity index is 1.47. The number of imide groups is 1. The predicted octanol–water partition coefficient (Wildman–Crippen LogP) is 4.46. The van der Waals surface area contributed by atoms with Crippen LogP contribution >= 0.6 is 11.8 Å². The maximum atomic E-state index is 13.9. The molecule has 2 fully saturated rings. The second-order valence-corrected chi connectivity index (χ2v) is 8.87. The summed E-state index contributed by atoms with van der Waals surface area (Å²) in [5.74, 6) is -0.171. The Morgan fingerprint density at radius 3 is 2.59 bits per heavy atom. The van der Waals surface area contributed by atoms with Crippen molar-refractivity contribution in [2.45, 2.75) is 26.4 Å². The van der Waals surface area contributed by atoms with Gasteiger partial charge in [-0.1, -0.05) is 24.3 Å². The fourth-order valence-electron chi connectivity index (χ4n) is 3.76. The summed E-state index contributed by atoms with van der Waals surface area (Å²) in [6.07, 6.45) is 3.47. The second kappa shape index (κ2) is 10.7. The Bertz CT molecular complexity index is 1130. The zero-order valence-electron chi connectivity index (χ0n) is 18.8. The molecule has 0 saturated carbocycles. The minimum Gasteiger partial charge on any atom is -0.490 e. The molecule has 2 aromatic rings. The van der Waals surface area contributed by atoms with Crippen molar-refractivity contribution in [1.29, 1.82) is 0 Å². The number of ether oxygens (including phenoxy) is 2. The van der Waals surface area contributed by atoms with Gasteiger partial charge in [0.1, 0.15) is 19.0 Å². The third kappa shape index (κ3) is 5.41. The van der Waals surface area contributed by atoms with E-state index in [4.69, 9.17) is 9.47 Å². The molecule has 4 rings (SSSR count). The fraction of sp³-hybridized carbons (Fsp3) is 0.320. The SMILES string of the molecule is CCOc1cc(/C=C2\SC(=O)N(CC(=O)N3CCCC3)C2=O)ccc1OCc1ccccc1F. The van der Waals surface area contributed by atoms with Crippen molar-refractivity contribution in [3.63, 3.8) is 0 Å². The van der Waals surface area contributed by atoms with Crippen LogP contribution in [0.4, 0.5) is 9.18 Å². The van der Waals surface area contributed by atoms with Gasteiger partial charge in [0.2, 0.25) is 5.91 Å². The molecule has 0 aliphatic carbocycles. The summed E-state index contributed by atoms with van der Waals surface area (Å²) >= 11 is 0.808. The molecule has 0 radical (unpaired) electrons. The van der Waals surface area contributed by atoms with Crippen molar-refractivity contribution >= 4 is 34.9 Å². The van der Waals surface area contributed by atoms with Crippen molar-refractivity contribution in [2.24, 2.45) is 0 Å². The predicted molar refractivity (Wildman–Crippen MR) is 127 cm³/mol. The minimum absolute atomic E-state index is 0.0377. The summed E-state index contributed by atoms with van der Waals surface area (Å²) in [6.45, 7) is 3.34. The molecule has 2 aliphatic heterocycles. The molecular weight excluding hydrogens is 459 g/mol. The van der Waals surface area contributed by atoms with E-state index in [-0.39, 0.29) is 29.8 Å². The molecule has 7 nitrogen and oxygen atoms in total. The minimum atomic E-state index is -0.486. The highest BCUT2D eigenvalue weighted by molar-refractivity contribution is 8.18. The summed E-state index contributed by atoms with van der Waals surface area (Å²) in [7, 11) is 0. The summed E-state index contributed by atoms with van der Waals surface area (Å²) in [5.41, 5.74) is 1.06. The largest absolute Gasteiger partial charge is 0.490 e. The van der Waals surface area contributed by atoms with Crippen LogP contribution < -0.4 is 9.47 Å². The lowest BCUT2D eigenvalue weighted by Crippen LogP contribution is -2.40. The van der Waals surface area contributed by atoms with Gasteiger partial charge >= 0.3 is 0 Å². The van der Waals surface area contributed by atoms with E-state index >= 15 is 0 Å². The molecule has 2 heterocycles. The quantitative estimate of drug-likeness (QED) is 0.515. The molecule has 9 heteroatoms. The highest BCUT2D eigenvalue weighted by Gasteiger charge is 2.37. The summed E-state index contributed by atoms with van der Waals surface area (Å²) < 4.78 is 25.3. The van der Waals surface area contributed by atoms with Gasteiger partial charge in [0, 0.05) is 18.7 Å². The number of amides is 3. The van der Waals surface area contributed by atoms with Crippen LogP contribution in [0.15, 0.2) is 47.4 Å². The highest BCUT2D eigenvalue weighted by Crippen LogP contribution is 2.35. The third-order valence-corrected chi connectivity index (χ3v) is 6.44. The molecule has 0 N–H and O–H groups in total. The maximum Gasteiger partial charge on any atom is 0.294 e. The molecule has 0 atom stereocenters. The van der Waals surface area contributed by atoms with E-state index in [0.717, 1.165) is 29.5 Å². The van der Waals surface area contributed by atoms with Gasteiger partial charge in [-0.3, -0.25) is 19.3 Å². The Kier molecular flexibility index (Phi) is 7.52. The topological polar surface area (TPSA) is 76.2 Å². The molecule has 3 amide bonds. The molecule has 2 saturated heterocycles. The van der Waals surface area contributed by atoms with Crippen LogP contribution in [0, 0.1) is 5.82 Å². The fourth-order valence-corrected chi connectivity index (χ4v) is 4.60. The standard InChI is InChI=1S/C25H25FN2O5S/c1-2-32-21-13-17(9-10-20(21)33-16-18-7-3-4-8-19(18)26)14-22-24(30)28(25(31)34-22)15-23(29)27-11-5-6-12-27/h3-4,7-10,13-14H,2,5-6,11-12,15-16H2,1H3/b22-14-. The van der Waals surface area contributed by atoms with E-state index in [1.165, 1.54) is 6.07 Å². The molecule has 2 aliphatic rings. The first kappa shape index (κ1) is 23.8. The van der Waals surface area contributed by atoms with Crippen molar-refractivity contribution in [3.05, 3.63) is 64.3 Å². The number of hydrogen-bond donors (Lipinski definition) is 0. The lowest BCUT2D eigenvalue weighted by molar-refractivity contribution is -0.135. The maximum absolute atomic E-state index is 13.9. The number of rotatable bonds is 8. The van der Waals surface area contributed by atoms with Crippen LogP contribution in [0.25, 0.3) is 6.08 Å². The van der Waals surface area contributed by atoms with Crippen LogP contribution in [-0.4, -0.2) is 53.1 Å². The normalized spacial score (nSPS) is 17.1. The van der Waals surface area contributed by atoms with Crippen molar-refractivity contribution in [3.8, 4) is 11.5 Å². The molecule has 178 valence electrons. The van der Waals surface area contributed by atoms with Gasteiger partial charge in [-0.25, -0.2) is 4.39 Å². The van der Waals surface area contributed by atoms with Crippen molar-refractivity contribution < 1.29 is 28.2 Å². The van der Waals surface area contributed by atoms with Gasteiger partial charge in [0.25, 0.3) is 11.1 Å². The second-order valence-electron chi connectivity index (χ2n) is 7.88. The first-order chi connectivity index (χ1) is 16.5. The molecule has 0 unspecified atom stereocenters. The number of nitrogens with zero attached hydrogens (tertiary/aromatic N) is 2. The lowest BCUT2D eigenvalue weighted by Gasteiger charge is -2.18. The molecule has 0 bridgehead atoms. The number of carbonyl (C=O) groups is 3. The molecule has 0 aromatic heterocycles. The van der Waals surface area contributed by atoms with E-state index in [1.54, 1.807) is 47.4 Å². The lowest BCUT2D eigenvalue weighted by atomic mass is 10.1. The van der Waals surface area contributed by atoms with Gasteiger partial charge in [0.15, 0.2) is 11.5 Å². The molecule has 2 aromatic carbocycles. The van der Waals surface area contributed by atoms with Crippen LogP contribution in [0.2, 0.25) is 0 Å². The summed E-state index contributed by atoms with van der Waals surface area (Å²) in [6, 6.07) is 11.5. The van der Waals surface area contributed by atoms with Gasteiger partial charge < -0.3 is 14.4 Å². The van der Waals surface area contributed by atoms with Crippen LogP contribution in [0.5, 0.6) is 11.5 Å². The van der Waals surface area contributed by atoms with Gasteiger partial charge in [-0.2, -0.15) is 0 Å². The average molecular weight is 485 g/mol. The van der Waals surface area contributed by atoms with E-state index in [0.29, 0.717) is 42.3 Å². The first-order valence-corrected chi connectivity index (χ1v) is 11.9. The monoisotopic (exact) mass is 484 g/mol. The first-order valence-electron chi connectivity index (χ1n) is 11.1. The Morgan fingerprint density at radius 2 is 1.85 bits per heavy atom. The summed E-state index contributed by atoms with van der Waals surface area (Å²) in [5, 5.41) is -0.460. The van der Waals surface area contributed by atoms with Crippen molar-refractivity contribution in [2.75, 3.05) is 26.2 Å². The average Bonchev–Trinajstić information content (AvgIpc) is 3.45. The molecule has 34 heavy (non-hydrogen) atoms. The number of hydrogen-bond acceptors (Lipinski definition) is 6. The Morgan fingerprint density at radius 1 is 1.09 bits per heavy atom. The van der Waals surface area contributed by atoms with E-state index in [2.05, 4.69) is 0 Å². The van der Waals surface area contributed by atoms with Gasteiger partial charge in [-0.05, 0) is 61.4 Å². The van der Waals surface area contributed by atoms with Gasteiger partial charge in [-0.15, -0.1) is 0 Å². The Labute approximate surface area is 201 Å².